The van der Waals surface area contributed by atoms with Crippen LogP contribution in [0.5, 0.6) is 5.75 Å². The predicted octanol–water partition coefficient (Wildman–Crippen LogP) is 3.24. The molecule has 0 saturated carbocycles. The third-order valence-corrected chi connectivity index (χ3v) is 3.87. The van der Waals surface area contributed by atoms with Gasteiger partial charge in [-0.3, -0.25) is 14.9 Å². The van der Waals surface area contributed by atoms with Crippen LogP contribution < -0.4 is 10.1 Å². The monoisotopic (exact) mass is 366 g/mol. The van der Waals surface area contributed by atoms with Gasteiger partial charge in [0.2, 0.25) is 0 Å². The minimum atomic E-state index is -0.518. The Balaban J connectivity index is 1.56. The van der Waals surface area contributed by atoms with E-state index in [-0.39, 0.29) is 30.0 Å². The van der Waals surface area contributed by atoms with Gasteiger partial charge in [-0.15, -0.1) is 0 Å². The quantitative estimate of drug-likeness (QED) is 0.493. The van der Waals surface area contributed by atoms with Crippen LogP contribution in [0.2, 0.25) is 0 Å². The highest BCUT2D eigenvalue weighted by Gasteiger charge is 2.14. The molecule has 1 atom stereocenters. The van der Waals surface area contributed by atoms with Crippen molar-refractivity contribution in [2.75, 3.05) is 6.61 Å². The second kappa shape index (κ2) is 8.13. The SMILES string of the molecule is CC(NC(=O)COc1cccc([N+](=O)[O-])c1)c1ncc(-c2ccccc2)[nH]1. The topological polar surface area (TPSA) is 110 Å². The van der Waals surface area contributed by atoms with Crippen molar-refractivity contribution >= 4 is 11.6 Å². The molecular weight excluding hydrogens is 348 g/mol. The maximum atomic E-state index is 12.1. The van der Waals surface area contributed by atoms with Gasteiger partial charge in [-0.2, -0.15) is 0 Å². The van der Waals surface area contributed by atoms with Crippen molar-refractivity contribution in [3.05, 3.63) is 76.7 Å². The maximum absolute atomic E-state index is 12.1. The molecule has 2 aromatic carbocycles. The van der Waals surface area contributed by atoms with Crippen molar-refractivity contribution in [3.63, 3.8) is 0 Å². The van der Waals surface area contributed by atoms with Crippen LogP contribution in [0.25, 0.3) is 11.3 Å². The molecule has 0 bridgehead atoms. The average molecular weight is 366 g/mol. The zero-order valence-corrected chi connectivity index (χ0v) is 14.6. The number of aromatic nitrogens is 2. The van der Waals surface area contributed by atoms with Crippen molar-refractivity contribution in [3.8, 4) is 17.0 Å². The van der Waals surface area contributed by atoms with Gasteiger partial charge in [0.25, 0.3) is 11.6 Å². The fourth-order valence-corrected chi connectivity index (χ4v) is 2.51. The van der Waals surface area contributed by atoms with Gasteiger partial charge in [0.05, 0.1) is 28.9 Å². The predicted molar refractivity (Wildman–Crippen MR) is 99.2 cm³/mol. The van der Waals surface area contributed by atoms with Crippen LogP contribution >= 0.6 is 0 Å². The molecule has 0 spiro atoms. The molecule has 1 aromatic heterocycles. The zero-order valence-electron chi connectivity index (χ0n) is 14.6. The molecule has 8 nitrogen and oxygen atoms in total. The van der Waals surface area contributed by atoms with Gasteiger partial charge in [-0.25, -0.2) is 4.98 Å². The molecule has 2 N–H and O–H groups in total. The van der Waals surface area contributed by atoms with Crippen molar-refractivity contribution in [1.82, 2.24) is 15.3 Å². The number of nitro groups is 1. The Morgan fingerprint density at radius 2 is 2.04 bits per heavy atom. The number of nitrogens with one attached hydrogen (secondary N) is 2. The number of nitro benzene ring substituents is 1. The van der Waals surface area contributed by atoms with Crippen LogP contribution in [-0.2, 0) is 4.79 Å². The van der Waals surface area contributed by atoms with E-state index in [2.05, 4.69) is 15.3 Å². The minimum Gasteiger partial charge on any atom is -0.484 e. The molecule has 3 aromatic rings. The number of carbonyl (C=O) groups is 1. The normalized spacial score (nSPS) is 11.6. The summed E-state index contributed by atoms with van der Waals surface area (Å²) in [4.78, 5) is 29.8. The number of H-pyrrole nitrogens is 1. The second-order valence-electron chi connectivity index (χ2n) is 5.88. The molecule has 1 unspecified atom stereocenters. The van der Waals surface area contributed by atoms with Crippen molar-refractivity contribution in [1.29, 1.82) is 0 Å². The number of imidazole rings is 1. The van der Waals surface area contributed by atoms with E-state index in [0.29, 0.717) is 5.82 Å². The third kappa shape index (κ3) is 4.69. The lowest BCUT2D eigenvalue weighted by Crippen LogP contribution is -2.31. The summed E-state index contributed by atoms with van der Waals surface area (Å²) < 4.78 is 5.32. The molecule has 3 rings (SSSR count). The Kier molecular flexibility index (Phi) is 5.46. The Morgan fingerprint density at radius 3 is 2.78 bits per heavy atom. The molecule has 0 fully saturated rings. The Labute approximate surface area is 155 Å². The molecular formula is C19H18N4O4. The van der Waals surface area contributed by atoms with Gasteiger partial charge in [-0.1, -0.05) is 36.4 Å². The molecule has 27 heavy (non-hydrogen) atoms. The van der Waals surface area contributed by atoms with E-state index in [4.69, 9.17) is 4.74 Å². The first kappa shape index (κ1) is 18.1. The average Bonchev–Trinajstić information content (AvgIpc) is 3.18. The van der Waals surface area contributed by atoms with E-state index in [1.807, 2.05) is 30.3 Å². The number of nitrogens with zero attached hydrogens (tertiary/aromatic N) is 2. The fourth-order valence-electron chi connectivity index (χ4n) is 2.51. The van der Waals surface area contributed by atoms with Gasteiger partial charge in [0.15, 0.2) is 6.61 Å². The smallest absolute Gasteiger partial charge is 0.273 e. The lowest BCUT2D eigenvalue weighted by molar-refractivity contribution is -0.384. The zero-order chi connectivity index (χ0) is 19.2. The van der Waals surface area contributed by atoms with E-state index in [1.165, 1.54) is 18.2 Å². The van der Waals surface area contributed by atoms with Gasteiger partial charge in [0.1, 0.15) is 11.6 Å². The number of carbonyl (C=O) groups excluding carboxylic acids is 1. The van der Waals surface area contributed by atoms with Crippen LogP contribution in [-0.4, -0.2) is 27.4 Å². The van der Waals surface area contributed by atoms with Crippen LogP contribution in [0.4, 0.5) is 5.69 Å². The standard InChI is InChI=1S/C19H18N4O4/c1-13(19-20-11-17(22-19)14-6-3-2-4-7-14)21-18(24)12-27-16-9-5-8-15(10-16)23(25)26/h2-11,13H,12H2,1H3,(H,20,22)(H,21,24). The molecule has 0 saturated heterocycles. The summed E-state index contributed by atoms with van der Waals surface area (Å²) in [5.74, 6) is 0.528. The highest BCUT2D eigenvalue weighted by molar-refractivity contribution is 5.78. The third-order valence-electron chi connectivity index (χ3n) is 3.87. The summed E-state index contributed by atoms with van der Waals surface area (Å²) >= 11 is 0. The first-order chi connectivity index (χ1) is 13.0. The number of amides is 1. The van der Waals surface area contributed by atoms with Crippen LogP contribution in [0, 0.1) is 10.1 Å². The van der Waals surface area contributed by atoms with E-state index in [0.717, 1.165) is 11.3 Å². The number of hydrogen-bond acceptors (Lipinski definition) is 5. The molecule has 0 aliphatic heterocycles. The van der Waals surface area contributed by atoms with E-state index in [9.17, 15) is 14.9 Å². The Bertz CT molecular complexity index is 940. The summed E-state index contributed by atoms with van der Waals surface area (Å²) in [6.07, 6.45) is 1.72. The Hall–Kier alpha value is -3.68. The summed E-state index contributed by atoms with van der Waals surface area (Å²) in [7, 11) is 0. The lowest BCUT2D eigenvalue weighted by atomic mass is 10.2. The molecule has 0 aliphatic carbocycles. The van der Waals surface area contributed by atoms with E-state index in [1.54, 1.807) is 19.2 Å². The fraction of sp³-hybridized carbons (Fsp3) is 0.158. The van der Waals surface area contributed by atoms with Gasteiger partial charge in [0, 0.05) is 6.07 Å². The summed E-state index contributed by atoms with van der Waals surface area (Å²) in [6.45, 7) is 1.55. The number of hydrogen-bond donors (Lipinski definition) is 2. The highest BCUT2D eigenvalue weighted by Crippen LogP contribution is 2.20. The van der Waals surface area contributed by atoms with Gasteiger partial charge < -0.3 is 15.0 Å². The molecule has 1 amide bonds. The largest absolute Gasteiger partial charge is 0.484 e. The number of benzene rings is 2. The minimum absolute atomic E-state index is 0.0923. The molecule has 1 heterocycles. The lowest BCUT2D eigenvalue weighted by Gasteiger charge is -2.12. The van der Waals surface area contributed by atoms with Gasteiger partial charge in [-0.05, 0) is 18.6 Å². The van der Waals surface area contributed by atoms with Crippen LogP contribution in [0.15, 0.2) is 60.8 Å². The van der Waals surface area contributed by atoms with Gasteiger partial charge >= 0.3 is 0 Å². The van der Waals surface area contributed by atoms with E-state index < -0.39 is 4.92 Å². The van der Waals surface area contributed by atoms with E-state index >= 15 is 0 Å². The summed E-state index contributed by atoms with van der Waals surface area (Å²) in [6, 6.07) is 15.1. The second-order valence-corrected chi connectivity index (χ2v) is 5.88. The van der Waals surface area contributed by atoms with Crippen molar-refractivity contribution in [2.45, 2.75) is 13.0 Å². The molecule has 8 heteroatoms. The molecule has 0 aliphatic rings. The van der Waals surface area contributed by atoms with Crippen molar-refractivity contribution < 1.29 is 14.5 Å². The molecule has 0 radical (unpaired) electrons. The highest BCUT2D eigenvalue weighted by atomic mass is 16.6. The first-order valence-corrected chi connectivity index (χ1v) is 8.30. The number of aromatic amines is 1. The maximum Gasteiger partial charge on any atom is 0.273 e. The summed E-state index contributed by atoms with van der Waals surface area (Å²) in [5.41, 5.74) is 1.77. The Morgan fingerprint density at radius 1 is 1.26 bits per heavy atom. The number of non-ortho nitro benzene ring substituents is 1. The van der Waals surface area contributed by atoms with Crippen molar-refractivity contribution in [2.24, 2.45) is 0 Å². The first-order valence-electron chi connectivity index (χ1n) is 8.30. The van der Waals surface area contributed by atoms with Crippen LogP contribution in [0.1, 0.15) is 18.8 Å². The van der Waals surface area contributed by atoms with Crippen LogP contribution in [0.3, 0.4) is 0 Å². The number of ether oxygens (including phenoxy) is 1. The number of rotatable bonds is 7. The summed E-state index contributed by atoms with van der Waals surface area (Å²) in [5, 5.41) is 13.5. The molecule has 138 valence electrons.